The summed E-state index contributed by atoms with van der Waals surface area (Å²) in [6.45, 7) is 13.5. The zero-order chi connectivity index (χ0) is 13.6. The maximum absolute atomic E-state index is 6.23. The molecule has 0 amide bonds. The molecule has 0 aromatic heterocycles. The van der Waals surface area contributed by atoms with Gasteiger partial charge in [-0.2, -0.15) is 0 Å². The Balaban J connectivity index is 2.23. The van der Waals surface area contributed by atoms with E-state index in [1.54, 1.807) is 0 Å². The van der Waals surface area contributed by atoms with Gasteiger partial charge in [-0.3, -0.25) is 0 Å². The molecule has 2 aliphatic heterocycles. The summed E-state index contributed by atoms with van der Waals surface area (Å²) in [5.74, 6) is 0. The summed E-state index contributed by atoms with van der Waals surface area (Å²) >= 11 is 0. The summed E-state index contributed by atoms with van der Waals surface area (Å²) in [6, 6.07) is 2.25. The molecule has 2 rings (SSSR count). The fourth-order valence-corrected chi connectivity index (χ4v) is 6.71. The first-order valence-corrected chi connectivity index (χ1v) is 13.2. The van der Waals surface area contributed by atoms with Crippen LogP contribution < -0.4 is 0 Å². The third-order valence-electron chi connectivity index (χ3n) is 3.83. The van der Waals surface area contributed by atoms with Crippen molar-refractivity contribution in [1.82, 2.24) is 0 Å². The van der Waals surface area contributed by atoms with Gasteiger partial charge in [-0.05, 0) is 63.3 Å². The van der Waals surface area contributed by atoms with Crippen LogP contribution in [-0.2, 0) is 8.85 Å². The van der Waals surface area contributed by atoms with E-state index in [9.17, 15) is 0 Å². The van der Waals surface area contributed by atoms with Crippen molar-refractivity contribution >= 4 is 16.6 Å². The molecule has 0 aliphatic carbocycles. The lowest BCUT2D eigenvalue weighted by molar-refractivity contribution is 0.216. The van der Waals surface area contributed by atoms with Crippen LogP contribution in [0.15, 0.2) is 23.3 Å². The normalized spacial score (nSPS) is 34.8. The van der Waals surface area contributed by atoms with Crippen molar-refractivity contribution in [2.75, 3.05) is 0 Å². The van der Waals surface area contributed by atoms with E-state index in [0.717, 1.165) is 12.1 Å². The lowest BCUT2D eigenvalue weighted by atomic mass is 9.97. The lowest BCUT2D eigenvalue weighted by Crippen LogP contribution is -2.42. The Morgan fingerprint density at radius 2 is 1.17 bits per heavy atom. The average molecular weight is 283 g/mol. The van der Waals surface area contributed by atoms with Crippen molar-refractivity contribution in [3.05, 3.63) is 23.3 Å². The first-order chi connectivity index (χ1) is 8.20. The molecule has 2 unspecified atom stereocenters. The third kappa shape index (κ3) is 3.04. The van der Waals surface area contributed by atoms with E-state index < -0.39 is 16.6 Å². The number of rotatable bonds is 1. The first kappa shape index (κ1) is 14.2. The molecular formula is C14H26O2Si2. The fourth-order valence-electron chi connectivity index (χ4n) is 2.93. The number of hydrogen-bond donors (Lipinski definition) is 0. The van der Waals surface area contributed by atoms with Gasteiger partial charge >= 0.3 is 0 Å². The zero-order valence-electron chi connectivity index (χ0n) is 12.5. The highest BCUT2D eigenvalue weighted by molar-refractivity contribution is 6.72. The van der Waals surface area contributed by atoms with Gasteiger partial charge in [-0.1, -0.05) is 12.2 Å². The van der Waals surface area contributed by atoms with Crippen LogP contribution in [0.3, 0.4) is 0 Å². The van der Waals surface area contributed by atoms with Crippen LogP contribution in [-0.4, -0.2) is 28.8 Å². The van der Waals surface area contributed by atoms with Gasteiger partial charge in [0.2, 0.25) is 0 Å². The van der Waals surface area contributed by atoms with Gasteiger partial charge in [-0.25, -0.2) is 0 Å². The molecule has 2 aliphatic rings. The molecule has 0 aromatic carbocycles. The van der Waals surface area contributed by atoms with Crippen molar-refractivity contribution in [2.24, 2.45) is 0 Å². The molecule has 0 spiro atoms. The quantitative estimate of drug-likeness (QED) is 0.675. The highest BCUT2D eigenvalue weighted by atomic mass is 28.4. The minimum Gasteiger partial charge on any atom is -0.410 e. The molecule has 0 bridgehead atoms. The van der Waals surface area contributed by atoms with Gasteiger partial charge < -0.3 is 8.85 Å². The molecular weight excluding hydrogens is 256 g/mol. The van der Waals surface area contributed by atoms with E-state index in [1.807, 2.05) is 0 Å². The molecule has 0 saturated heterocycles. The Morgan fingerprint density at radius 1 is 0.833 bits per heavy atom. The average Bonchev–Trinajstić information content (AvgIpc) is 2.17. The minimum atomic E-state index is -1.44. The number of allylic oxidation sites excluding steroid dienone is 2. The van der Waals surface area contributed by atoms with E-state index in [0.29, 0.717) is 0 Å². The number of hydrogen-bond acceptors (Lipinski definition) is 2. The van der Waals surface area contributed by atoms with E-state index >= 15 is 0 Å². The summed E-state index contributed by atoms with van der Waals surface area (Å²) in [5.41, 5.74) is 2.75. The Kier molecular flexibility index (Phi) is 3.75. The molecule has 0 fully saturated rings. The van der Waals surface area contributed by atoms with Crippen molar-refractivity contribution in [3.63, 3.8) is 0 Å². The topological polar surface area (TPSA) is 18.5 Å². The molecule has 18 heavy (non-hydrogen) atoms. The molecule has 4 heteroatoms. The third-order valence-corrected chi connectivity index (χ3v) is 8.19. The van der Waals surface area contributed by atoms with Gasteiger partial charge in [0, 0.05) is 0 Å². The Labute approximate surface area is 113 Å². The summed E-state index contributed by atoms with van der Waals surface area (Å²) < 4.78 is 12.5. The van der Waals surface area contributed by atoms with E-state index in [4.69, 9.17) is 8.85 Å². The van der Waals surface area contributed by atoms with Crippen LogP contribution in [0, 0.1) is 0 Å². The van der Waals surface area contributed by atoms with Crippen molar-refractivity contribution < 1.29 is 8.85 Å². The van der Waals surface area contributed by atoms with Gasteiger partial charge in [0.25, 0.3) is 0 Å². The van der Waals surface area contributed by atoms with Gasteiger partial charge in [0.1, 0.15) is 0 Å². The summed E-state index contributed by atoms with van der Waals surface area (Å²) in [5, 5.41) is 0. The maximum Gasteiger partial charge on any atom is 0.191 e. The van der Waals surface area contributed by atoms with Crippen LogP contribution in [0.5, 0.6) is 0 Å². The van der Waals surface area contributed by atoms with E-state index in [-0.39, 0.29) is 12.2 Å². The fraction of sp³-hybridized carbons (Fsp3) is 0.714. The second-order valence-electron chi connectivity index (χ2n) is 6.77. The van der Waals surface area contributed by atoms with Crippen molar-refractivity contribution in [2.45, 2.75) is 64.3 Å². The van der Waals surface area contributed by atoms with Crippen molar-refractivity contribution in [3.8, 4) is 0 Å². The molecule has 102 valence electrons. The minimum absolute atomic E-state index is 0.237. The molecule has 0 N–H and O–H groups in total. The van der Waals surface area contributed by atoms with Gasteiger partial charge in [-0.15, -0.1) is 0 Å². The predicted octanol–water partition coefficient (Wildman–Crippen LogP) is 4.09. The molecule has 2 heterocycles. The molecule has 2 nitrogen and oxygen atoms in total. The highest BCUT2D eigenvalue weighted by Gasteiger charge is 2.36. The second-order valence-corrected chi connectivity index (χ2v) is 15.1. The summed E-state index contributed by atoms with van der Waals surface area (Å²) in [6.07, 6.45) is 5.29. The Bertz CT molecular complexity index is 359. The van der Waals surface area contributed by atoms with E-state index in [1.165, 1.54) is 11.1 Å². The second kappa shape index (κ2) is 4.74. The SMILES string of the molecule is CC1O[Si](C)(C)CC=C1C1=CC[Si](C)(C)OC1C. The first-order valence-electron chi connectivity index (χ1n) is 6.96. The van der Waals surface area contributed by atoms with Crippen LogP contribution in [0.4, 0.5) is 0 Å². The standard InChI is InChI=1S/C14H26O2Si2/c1-11-13(7-9-17(3,4)15-11)14-8-10-18(5,6)16-12(14)2/h7-8,11-12H,9-10H2,1-6H3. The highest BCUT2D eigenvalue weighted by Crippen LogP contribution is 2.35. The molecule has 0 radical (unpaired) electrons. The maximum atomic E-state index is 6.23. The van der Waals surface area contributed by atoms with Crippen LogP contribution in [0.1, 0.15) is 13.8 Å². The molecule has 0 aromatic rings. The molecule has 0 saturated carbocycles. The van der Waals surface area contributed by atoms with Gasteiger partial charge in [0.05, 0.1) is 12.2 Å². The van der Waals surface area contributed by atoms with Crippen LogP contribution >= 0.6 is 0 Å². The van der Waals surface area contributed by atoms with Crippen LogP contribution in [0.2, 0.25) is 38.3 Å². The summed E-state index contributed by atoms with van der Waals surface area (Å²) in [4.78, 5) is 0. The van der Waals surface area contributed by atoms with E-state index in [2.05, 4.69) is 52.2 Å². The zero-order valence-corrected chi connectivity index (χ0v) is 14.5. The largest absolute Gasteiger partial charge is 0.410 e. The Hall–Kier alpha value is -0.166. The molecule has 2 atom stereocenters. The van der Waals surface area contributed by atoms with Crippen molar-refractivity contribution in [1.29, 1.82) is 0 Å². The lowest BCUT2D eigenvalue weighted by Gasteiger charge is -2.39. The van der Waals surface area contributed by atoms with Gasteiger partial charge in [0.15, 0.2) is 16.6 Å². The Morgan fingerprint density at radius 3 is 1.44 bits per heavy atom. The summed E-state index contributed by atoms with van der Waals surface area (Å²) in [7, 11) is -2.89. The monoisotopic (exact) mass is 282 g/mol. The smallest absolute Gasteiger partial charge is 0.191 e. The van der Waals surface area contributed by atoms with Crippen LogP contribution in [0.25, 0.3) is 0 Å². The predicted molar refractivity (Wildman–Crippen MR) is 81.8 cm³/mol.